The summed E-state index contributed by atoms with van der Waals surface area (Å²) in [5.74, 6) is 0.939. The third kappa shape index (κ3) is 3.39. The number of aromatic nitrogens is 1. The van der Waals surface area contributed by atoms with Gasteiger partial charge in [-0.1, -0.05) is 0 Å². The summed E-state index contributed by atoms with van der Waals surface area (Å²) in [5.41, 5.74) is -0.227. The second kappa shape index (κ2) is 6.22. The van der Waals surface area contributed by atoms with Crippen molar-refractivity contribution >= 4 is 5.91 Å². The number of hydrogen-bond donors (Lipinski definition) is 0. The number of pyridine rings is 1. The van der Waals surface area contributed by atoms with Gasteiger partial charge in [0.25, 0.3) is 0 Å². The maximum Gasteiger partial charge on any atom is 0.236 e. The quantitative estimate of drug-likeness (QED) is 0.823. The van der Waals surface area contributed by atoms with Crippen molar-refractivity contribution in [3.05, 3.63) is 24.5 Å². The van der Waals surface area contributed by atoms with Crippen molar-refractivity contribution < 1.29 is 14.3 Å². The number of likely N-dealkylation sites (tertiary alicyclic amines) is 1. The first-order chi connectivity index (χ1) is 10.6. The third-order valence-electron chi connectivity index (χ3n) is 4.23. The molecule has 6 nitrogen and oxygen atoms in total. The van der Waals surface area contributed by atoms with E-state index in [-0.39, 0.29) is 17.6 Å². The average Bonchev–Trinajstić information content (AvgIpc) is 3.07. The van der Waals surface area contributed by atoms with Crippen molar-refractivity contribution in [3.63, 3.8) is 0 Å². The number of ether oxygens (including phenoxy) is 2. The Morgan fingerprint density at radius 3 is 3.18 bits per heavy atom. The first-order valence-electron chi connectivity index (χ1n) is 7.69. The molecular weight excluding hydrogens is 282 g/mol. The van der Waals surface area contributed by atoms with Gasteiger partial charge in [-0.25, -0.2) is 0 Å². The molecule has 2 atom stereocenters. The fourth-order valence-electron chi connectivity index (χ4n) is 3.20. The summed E-state index contributed by atoms with van der Waals surface area (Å²) in [6, 6.07) is 3.76. The van der Waals surface area contributed by atoms with Crippen LogP contribution in [-0.4, -0.2) is 72.7 Å². The number of carbonyl (C=O) groups excluding carboxylic acids is 1. The molecule has 1 aromatic rings. The molecule has 1 spiro atoms. The molecule has 2 fully saturated rings. The van der Waals surface area contributed by atoms with Gasteiger partial charge in [0.2, 0.25) is 5.91 Å². The minimum Gasteiger partial charge on any atom is -0.486 e. The Balaban J connectivity index is 1.55. The molecule has 0 bridgehead atoms. The molecule has 0 aliphatic carbocycles. The number of rotatable bonds is 4. The molecule has 22 heavy (non-hydrogen) atoms. The monoisotopic (exact) mass is 305 g/mol. The molecule has 3 rings (SSSR count). The van der Waals surface area contributed by atoms with Crippen molar-refractivity contribution in [1.82, 2.24) is 14.8 Å². The van der Waals surface area contributed by atoms with Gasteiger partial charge in [-0.2, -0.15) is 0 Å². The summed E-state index contributed by atoms with van der Waals surface area (Å²) in [4.78, 5) is 20.0. The summed E-state index contributed by atoms with van der Waals surface area (Å²) in [5, 5.41) is 0. The van der Waals surface area contributed by atoms with Crippen LogP contribution in [0, 0.1) is 0 Å². The van der Waals surface area contributed by atoms with Gasteiger partial charge < -0.3 is 19.3 Å². The second-order valence-corrected chi connectivity index (χ2v) is 6.43. The molecule has 0 saturated carbocycles. The van der Waals surface area contributed by atoms with Gasteiger partial charge >= 0.3 is 0 Å². The van der Waals surface area contributed by atoms with Crippen LogP contribution in [0.3, 0.4) is 0 Å². The van der Waals surface area contributed by atoms with E-state index < -0.39 is 0 Å². The molecule has 2 saturated heterocycles. The van der Waals surface area contributed by atoms with E-state index in [4.69, 9.17) is 9.47 Å². The highest BCUT2D eigenvalue weighted by molar-refractivity contribution is 5.78. The maximum absolute atomic E-state index is 12.2. The largest absolute Gasteiger partial charge is 0.486 e. The van der Waals surface area contributed by atoms with E-state index >= 15 is 0 Å². The second-order valence-electron chi connectivity index (χ2n) is 6.43. The van der Waals surface area contributed by atoms with Crippen molar-refractivity contribution in [3.8, 4) is 5.75 Å². The Kier molecular flexibility index (Phi) is 4.31. The summed E-state index contributed by atoms with van der Waals surface area (Å²) in [6.07, 6.45) is 5.19. The standard InChI is InChI=1S/C16H23N3O3/c1-18(2)10-15(20)19-7-5-16(12-19)8-14(11-21-16)22-13-4-3-6-17-9-13/h3-4,6,9,14H,5,7-8,10-12H2,1-2H3/t14-,16-/m0/s1. The SMILES string of the molecule is CN(C)CC(=O)N1CC[C@]2(C[C@H](Oc3cccnc3)CO2)C1. The Labute approximate surface area is 131 Å². The van der Waals surface area contributed by atoms with Crippen LogP contribution in [0.4, 0.5) is 0 Å². The zero-order chi connectivity index (χ0) is 15.6. The highest BCUT2D eigenvalue weighted by atomic mass is 16.6. The minimum absolute atomic E-state index is 0.0353. The van der Waals surface area contributed by atoms with E-state index in [1.807, 2.05) is 36.0 Å². The highest BCUT2D eigenvalue weighted by Gasteiger charge is 2.47. The molecule has 0 radical (unpaired) electrons. The Morgan fingerprint density at radius 1 is 1.59 bits per heavy atom. The maximum atomic E-state index is 12.2. The van der Waals surface area contributed by atoms with Gasteiger partial charge in [0.05, 0.1) is 24.9 Å². The molecule has 0 unspecified atom stereocenters. The van der Waals surface area contributed by atoms with Crippen molar-refractivity contribution in [2.75, 3.05) is 40.3 Å². The summed E-state index contributed by atoms with van der Waals surface area (Å²) >= 11 is 0. The molecule has 2 aliphatic rings. The van der Waals surface area contributed by atoms with Crippen LogP contribution in [0.15, 0.2) is 24.5 Å². The van der Waals surface area contributed by atoms with Crippen LogP contribution in [0.5, 0.6) is 5.75 Å². The van der Waals surface area contributed by atoms with E-state index in [2.05, 4.69) is 4.98 Å². The first-order valence-corrected chi connectivity index (χ1v) is 7.69. The van der Waals surface area contributed by atoms with Crippen molar-refractivity contribution in [2.24, 2.45) is 0 Å². The highest BCUT2D eigenvalue weighted by Crippen LogP contribution is 2.36. The molecule has 1 amide bonds. The normalized spacial score (nSPS) is 27.8. The molecular formula is C16H23N3O3. The molecule has 2 aliphatic heterocycles. The molecule has 0 N–H and O–H groups in total. The first kappa shape index (κ1) is 15.2. The van der Waals surface area contributed by atoms with Crippen molar-refractivity contribution in [1.29, 1.82) is 0 Å². The van der Waals surface area contributed by atoms with Gasteiger partial charge in [0.1, 0.15) is 11.9 Å². The lowest BCUT2D eigenvalue weighted by atomic mass is 9.98. The van der Waals surface area contributed by atoms with Gasteiger partial charge in [0.15, 0.2) is 0 Å². The topological polar surface area (TPSA) is 54.9 Å². The van der Waals surface area contributed by atoms with Crippen molar-refractivity contribution in [2.45, 2.75) is 24.5 Å². The lowest BCUT2D eigenvalue weighted by molar-refractivity contribution is -0.131. The van der Waals surface area contributed by atoms with Gasteiger partial charge in [-0.15, -0.1) is 0 Å². The van der Waals surface area contributed by atoms with Crippen LogP contribution in [0.25, 0.3) is 0 Å². The lowest BCUT2D eigenvalue weighted by Crippen LogP contribution is -2.40. The van der Waals surface area contributed by atoms with Crippen LogP contribution in [-0.2, 0) is 9.53 Å². The van der Waals surface area contributed by atoms with E-state index in [0.717, 1.165) is 25.1 Å². The van der Waals surface area contributed by atoms with E-state index in [1.54, 1.807) is 12.4 Å². The smallest absolute Gasteiger partial charge is 0.236 e. The minimum atomic E-state index is -0.227. The molecule has 0 aromatic carbocycles. The Bertz CT molecular complexity index is 523. The summed E-state index contributed by atoms with van der Waals surface area (Å²) in [7, 11) is 3.82. The average molecular weight is 305 g/mol. The number of carbonyl (C=O) groups is 1. The van der Waals surface area contributed by atoms with Gasteiger partial charge in [-0.3, -0.25) is 9.78 Å². The molecule has 6 heteroatoms. The Hall–Kier alpha value is -1.66. The number of nitrogens with zero attached hydrogens (tertiary/aromatic N) is 3. The summed E-state index contributed by atoms with van der Waals surface area (Å²) < 4.78 is 11.9. The fraction of sp³-hybridized carbons (Fsp3) is 0.625. The predicted molar refractivity (Wildman–Crippen MR) is 81.7 cm³/mol. The lowest BCUT2D eigenvalue weighted by Gasteiger charge is -2.24. The third-order valence-corrected chi connectivity index (χ3v) is 4.23. The predicted octanol–water partition coefficient (Wildman–Crippen LogP) is 0.782. The molecule has 1 aromatic heterocycles. The number of hydrogen-bond acceptors (Lipinski definition) is 5. The molecule has 3 heterocycles. The van der Waals surface area contributed by atoms with Crippen LogP contribution in [0.2, 0.25) is 0 Å². The van der Waals surface area contributed by atoms with Gasteiger partial charge in [0, 0.05) is 25.7 Å². The Morgan fingerprint density at radius 2 is 2.45 bits per heavy atom. The van der Waals surface area contributed by atoms with Crippen LogP contribution >= 0.6 is 0 Å². The summed E-state index contributed by atoms with van der Waals surface area (Å²) in [6.45, 7) is 2.47. The van der Waals surface area contributed by atoms with Crippen LogP contribution in [0.1, 0.15) is 12.8 Å². The van der Waals surface area contributed by atoms with E-state index in [9.17, 15) is 4.79 Å². The van der Waals surface area contributed by atoms with Gasteiger partial charge in [-0.05, 0) is 32.6 Å². The van der Waals surface area contributed by atoms with E-state index in [0.29, 0.717) is 19.7 Å². The zero-order valence-corrected chi connectivity index (χ0v) is 13.2. The molecule has 120 valence electrons. The zero-order valence-electron chi connectivity index (χ0n) is 13.2. The number of amides is 1. The fourth-order valence-corrected chi connectivity index (χ4v) is 3.20. The van der Waals surface area contributed by atoms with E-state index in [1.165, 1.54) is 0 Å². The van der Waals surface area contributed by atoms with Crippen LogP contribution < -0.4 is 4.74 Å². The number of likely N-dealkylation sites (N-methyl/N-ethyl adjacent to an activating group) is 1.